The largest absolute Gasteiger partial charge is 0.494 e. The van der Waals surface area contributed by atoms with Crippen molar-refractivity contribution in [3.05, 3.63) is 82.9 Å². The van der Waals surface area contributed by atoms with E-state index in [-0.39, 0.29) is 0 Å². The van der Waals surface area contributed by atoms with Crippen molar-refractivity contribution < 1.29 is 23.8 Å². The van der Waals surface area contributed by atoms with E-state index in [0.29, 0.717) is 52.4 Å². The highest BCUT2D eigenvalue weighted by atomic mass is 35.5. The number of hydrogen-bond donors (Lipinski definition) is 2. The Kier molecular flexibility index (Phi) is 9.09. The van der Waals surface area contributed by atoms with Gasteiger partial charge in [-0.2, -0.15) is 5.10 Å². The van der Waals surface area contributed by atoms with Gasteiger partial charge in [-0.1, -0.05) is 23.7 Å². The lowest BCUT2D eigenvalue weighted by molar-refractivity contribution is -0.136. The molecule has 0 radical (unpaired) electrons. The molecule has 2 amide bonds. The number of carbonyl (C=O) groups excluding carboxylic acids is 2. The first kappa shape index (κ1) is 25.6. The average Bonchev–Trinajstić information content (AvgIpc) is 2.87. The van der Waals surface area contributed by atoms with Crippen LogP contribution in [-0.4, -0.2) is 31.2 Å². The second kappa shape index (κ2) is 12.4. The minimum absolute atomic E-state index is 0.347. The standard InChI is InChI=1S/C26H26ClN3O5/c1-4-34-22-12-10-21(11-13-22)28-25(31)26(32)30-29-17(2)19-7-14-23(24(15-19)33-3)35-16-18-5-8-20(27)9-6-18/h5-15H,4,16H2,1-3H3,(H,28,31)(H,30,32)/b29-17+. The summed E-state index contributed by atoms with van der Waals surface area (Å²) in [5.41, 5.74) is 4.86. The van der Waals surface area contributed by atoms with Crippen molar-refractivity contribution in [1.82, 2.24) is 5.43 Å². The molecule has 0 unspecified atom stereocenters. The van der Waals surface area contributed by atoms with Gasteiger partial charge in [0.2, 0.25) is 0 Å². The smallest absolute Gasteiger partial charge is 0.329 e. The molecule has 9 heteroatoms. The molecule has 0 aliphatic heterocycles. The highest BCUT2D eigenvalue weighted by Crippen LogP contribution is 2.29. The lowest BCUT2D eigenvalue weighted by Crippen LogP contribution is -2.32. The number of hydrogen-bond acceptors (Lipinski definition) is 6. The SMILES string of the molecule is CCOc1ccc(NC(=O)C(=O)N/N=C(\C)c2ccc(OCc3ccc(Cl)cc3)c(OC)c2)cc1. The van der Waals surface area contributed by atoms with E-state index in [4.69, 9.17) is 25.8 Å². The quantitative estimate of drug-likeness (QED) is 0.252. The molecule has 0 saturated carbocycles. The lowest BCUT2D eigenvalue weighted by atomic mass is 10.1. The molecular formula is C26H26ClN3O5. The fourth-order valence-corrected chi connectivity index (χ4v) is 3.12. The van der Waals surface area contributed by atoms with Crippen molar-refractivity contribution in [2.24, 2.45) is 5.10 Å². The van der Waals surface area contributed by atoms with Crippen LogP contribution < -0.4 is 25.0 Å². The molecule has 0 fully saturated rings. The normalized spacial score (nSPS) is 10.9. The number of halogens is 1. The van der Waals surface area contributed by atoms with E-state index in [1.807, 2.05) is 19.1 Å². The zero-order chi connectivity index (χ0) is 25.2. The van der Waals surface area contributed by atoms with Gasteiger partial charge in [-0.05, 0) is 74.0 Å². The molecule has 3 rings (SSSR count). The van der Waals surface area contributed by atoms with Crippen LogP contribution in [0.2, 0.25) is 5.02 Å². The summed E-state index contributed by atoms with van der Waals surface area (Å²) in [4.78, 5) is 24.3. The number of nitrogens with one attached hydrogen (secondary N) is 2. The fraction of sp³-hybridized carbons (Fsp3) is 0.192. The zero-order valence-corrected chi connectivity index (χ0v) is 20.4. The van der Waals surface area contributed by atoms with Crippen molar-refractivity contribution in [2.45, 2.75) is 20.5 Å². The minimum atomic E-state index is -0.895. The number of methoxy groups -OCH3 is 1. The number of rotatable bonds is 9. The van der Waals surface area contributed by atoms with Crippen LogP contribution in [0.3, 0.4) is 0 Å². The molecule has 0 atom stereocenters. The number of anilines is 1. The number of hydrazone groups is 1. The minimum Gasteiger partial charge on any atom is -0.494 e. The third kappa shape index (κ3) is 7.48. The van der Waals surface area contributed by atoms with E-state index in [9.17, 15) is 9.59 Å². The molecule has 2 N–H and O–H groups in total. The molecule has 182 valence electrons. The molecule has 3 aromatic rings. The van der Waals surface area contributed by atoms with Gasteiger partial charge in [0.05, 0.1) is 19.4 Å². The van der Waals surface area contributed by atoms with E-state index in [0.717, 1.165) is 5.56 Å². The van der Waals surface area contributed by atoms with Gasteiger partial charge >= 0.3 is 11.8 Å². The van der Waals surface area contributed by atoms with Gasteiger partial charge in [0.15, 0.2) is 11.5 Å². The maximum Gasteiger partial charge on any atom is 0.329 e. The summed E-state index contributed by atoms with van der Waals surface area (Å²) in [6.07, 6.45) is 0. The number of benzene rings is 3. The Labute approximate surface area is 208 Å². The van der Waals surface area contributed by atoms with E-state index in [1.54, 1.807) is 61.5 Å². The van der Waals surface area contributed by atoms with Gasteiger partial charge in [-0.15, -0.1) is 0 Å². The predicted molar refractivity (Wildman–Crippen MR) is 135 cm³/mol. The van der Waals surface area contributed by atoms with Gasteiger partial charge < -0.3 is 19.5 Å². The van der Waals surface area contributed by atoms with Crippen molar-refractivity contribution in [1.29, 1.82) is 0 Å². The van der Waals surface area contributed by atoms with E-state index in [2.05, 4.69) is 15.8 Å². The molecule has 0 saturated heterocycles. The Morgan fingerprint density at radius 1 is 0.914 bits per heavy atom. The average molecular weight is 496 g/mol. The number of nitrogens with zero attached hydrogens (tertiary/aromatic N) is 1. The third-order valence-electron chi connectivity index (χ3n) is 4.84. The van der Waals surface area contributed by atoms with Crippen LogP contribution in [0.5, 0.6) is 17.2 Å². The molecule has 0 bridgehead atoms. The van der Waals surface area contributed by atoms with Crippen LogP contribution in [0.25, 0.3) is 0 Å². The summed E-state index contributed by atoms with van der Waals surface area (Å²) < 4.78 is 16.6. The van der Waals surface area contributed by atoms with Gasteiger partial charge in [0, 0.05) is 16.3 Å². The van der Waals surface area contributed by atoms with Crippen LogP contribution in [0.4, 0.5) is 5.69 Å². The molecule has 35 heavy (non-hydrogen) atoms. The third-order valence-corrected chi connectivity index (χ3v) is 5.10. The molecule has 0 aliphatic carbocycles. The molecule has 3 aromatic carbocycles. The zero-order valence-electron chi connectivity index (χ0n) is 19.6. The first-order valence-electron chi connectivity index (χ1n) is 10.8. The Morgan fingerprint density at radius 2 is 1.63 bits per heavy atom. The number of amides is 2. The maximum atomic E-state index is 12.2. The van der Waals surface area contributed by atoms with Crippen LogP contribution >= 0.6 is 11.6 Å². The molecule has 8 nitrogen and oxygen atoms in total. The summed E-state index contributed by atoms with van der Waals surface area (Å²) in [7, 11) is 1.54. The summed E-state index contributed by atoms with van der Waals surface area (Å²) in [5.74, 6) is -0.00212. The van der Waals surface area contributed by atoms with Gasteiger partial charge in [0.1, 0.15) is 12.4 Å². The van der Waals surface area contributed by atoms with Crippen molar-refractivity contribution in [3.8, 4) is 17.2 Å². The highest BCUT2D eigenvalue weighted by Gasteiger charge is 2.14. The Balaban J connectivity index is 1.58. The van der Waals surface area contributed by atoms with Crippen LogP contribution in [0.1, 0.15) is 25.0 Å². The predicted octanol–water partition coefficient (Wildman–Crippen LogP) is 4.81. The maximum absolute atomic E-state index is 12.2. The Bertz CT molecular complexity index is 1190. The van der Waals surface area contributed by atoms with Crippen molar-refractivity contribution >= 4 is 34.8 Å². The molecular weight excluding hydrogens is 470 g/mol. The fourth-order valence-electron chi connectivity index (χ4n) is 2.99. The molecule has 0 spiro atoms. The van der Waals surface area contributed by atoms with E-state index >= 15 is 0 Å². The molecule has 0 aromatic heterocycles. The highest BCUT2D eigenvalue weighted by molar-refractivity contribution is 6.39. The van der Waals surface area contributed by atoms with Crippen molar-refractivity contribution in [2.75, 3.05) is 19.0 Å². The number of carbonyl (C=O) groups is 2. The number of ether oxygens (including phenoxy) is 3. The monoisotopic (exact) mass is 495 g/mol. The van der Waals surface area contributed by atoms with Crippen LogP contribution in [0, 0.1) is 0 Å². The lowest BCUT2D eigenvalue weighted by Gasteiger charge is -2.12. The second-order valence-corrected chi connectivity index (χ2v) is 7.77. The van der Waals surface area contributed by atoms with Gasteiger partial charge in [-0.3, -0.25) is 9.59 Å². The Morgan fingerprint density at radius 3 is 2.29 bits per heavy atom. The first-order valence-corrected chi connectivity index (χ1v) is 11.2. The molecule has 0 aliphatic rings. The Hall–Kier alpha value is -4.04. The van der Waals surface area contributed by atoms with E-state index in [1.165, 1.54) is 7.11 Å². The summed E-state index contributed by atoms with van der Waals surface area (Å²) in [6, 6.07) is 19.3. The van der Waals surface area contributed by atoms with Crippen molar-refractivity contribution in [3.63, 3.8) is 0 Å². The first-order chi connectivity index (χ1) is 16.9. The molecule has 0 heterocycles. The van der Waals surface area contributed by atoms with Crippen LogP contribution in [-0.2, 0) is 16.2 Å². The van der Waals surface area contributed by atoms with Gasteiger partial charge in [0.25, 0.3) is 0 Å². The second-order valence-electron chi connectivity index (χ2n) is 7.33. The summed E-state index contributed by atoms with van der Waals surface area (Å²) in [6.45, 7) is 4.47. The topological polar surface area (TPSA) is 98.2 Å². The van der Waals surface area contributed by atoms with Gasteiger partial charge in [-0.25, -0.2) is 5.43 Å². The summed E-state index contributed by atoms with van der Waals surface area (Å²) in [5, 5.41) is 7.20. The summed E-state index contributed by atoms with van der Waals surface area (Å²) >= 11 is 5.91. The van der Waals surface area contributed by atoms with Crippen LogP contribution in [0.15, 0.2) is 71.8 Å². The van der Waals surface area contributed by atoms with E-state index < -0.39 is 11.8 Å².